The summed E-state index contributed by atoms with van der Waals surface area (Å²) in [5.74, 6) is 0.580. The molecular weight excluding hydrogens is 190 g/mol. The summed E-state index contributed by atoms with van der Waals surface area (Å²) in [6.07, 6.45) is 3.18. The highest BCUT2D eigenvalue weighted by molar-refractivity contribution is 7.98. The number of rotatable bonds is 4. The van der Waals surface area contributed by atoms with Crippen LogP contribution >= 0.6 is 11.8 Å². The lowest BCUT2D eigenvalue weighted by molar-refractivity contribution is 0.685. The van der Waals surface area contributed by atoms with Crippen molar-refractivity contribution in [3.8, 4) is 0 Å². The van der Waals surface area contributed by atoms with Gasteiger partial charge >= 0.3 is 0 Å². The number of thioether (sulfide) groups is 1. The van der Waals surface area contributed by atoms with Gasteiger partial charge in [0.15, 0.2) is 0 Å². The minimum Gasteiger partial charge on any atom is -0.330 e. The Morgan fingerprint density at radius 1 is 1.43 bits per heavy atom. The molecule has 78 valence electrons. The first-order chi connectivity index (χ1) is 6.69. The van der Waals surface area contributed by atoms with Crippen LogP contribution in [0.5, 0.6) is 0 Å². The molecule has 0 heterocycles. The van der Waals surface area contributed by atoms with E-state index in [9.17, 15) is 0 Å². The van der Waals surface area contributed by atoms with E-state index in [0.717, 1.165) is 13.0 Å². The summed E-state index contributed by atoms with van der Waals surface area (Å²) >= 11 is 1.79. The predicted molar refractivity (Wildman–Crippen MR) is 65.0 cm³/mol. The molecule has 1 atom stereocenters. The molecule has 0 saturated heterocycles. The van der Waals surface area contributed by atoms with Crippen LogP contribution in [0.1, 0.15) is 30.4 Å². The van der Waals surface area contributed by atoms with Crippen molar-refractivity contribution in [1.82, 2.24) is 0 Å². The van der Waals surface area contributed by atoms with Gasteiger partial charge in [-0.15, -0.1) is 11.8 Å². The van der Waals surface area contributed by atoms with Crippen molar-refractivity contribution in [2.75, 3.05) is 12.8 Å². The molecule has 0 saturated carbocycles. The normalized spacial score (nSPS) is 12.9. The molecule has 0 aliphatic carbocycles. The van der Waals surface area contributed by atoms with E-state index in [2.05, 4.69) is 38.3 Å². The summed E-state index contributed by atoms with van der Waals surface area (Å²) < 4.78 is 0. The largest absolute Gasteiger partial charge is 0.330 e. The van der Waals surface area contributed by atoms with Gasteiger partial charge in [0.2, 0.25) is 0 Å². The minimum atomic E-state index is 0.580. The van der Waals surface area contributed by atoms with E-state index in [1.54, 1.807) is 11.8 Å². The Hall–Kier alpha value is -0.470. The second-order valence-electron chi connectivity index (χ2n) is 3.70. The Balaban J connectivity index is 2.88. The van der Waals surface area contributed by atoms with E-state index in [4.69, 9.17) is 5.73 Å². The zero-order valence-corrected chi connectivity index (χ0v) is 10.0. The zero-order valence-electron chi connectivity index (χ0n) is 9.21. The van der Waals surface area contributed by atoms with Crippen LogP contribution in [-0.4, -0.2) is 12.8 Å². The molecule has 2 heteroatoms. The van der Waals surface area contributed by atoms with Gasteiger partial charge in [-0.2, -0.15) is 0 Å². The number of benzene rings is 1. The molecule has 0 fully saturated rings. The monoisotopic (exact) mass is 209 g/mol. The lowest BCUT2D eigenvalue weighted by Crippen LogP contribution is -2.05. The van der Waals surface area contributed by atoms with Crippen molar-refractivity contribution in [2.24, 2.45) is 5.73 Å². The lowest BCUT2D eigenvalue weighted by Gasteiger charge is -2.14. The van der Waals surface area contributed by atoms with Gasteiger partial charge in [0.1, 0.15) is 0 Å². The maximum atomic E-state index is 5.57. The first-order valence-corrected chi connectivity index (χ1v) is 6.26. The Labute approximate surface area is 91.1 Å². The van der Waals surface area contributed by atoms with Crippen LogP contribution in [-0.2, 0) is 0 Å². The van der Waals surface area contributed by atoms with Crippen LogP contribution in [0.4, 0.5) is 0 Å². The lowest BCUT2D eigenvalue weighted by atomic mass is 9.94. The second-order valence-corrected chi connectivity index (χ2v) is 4.58. The van der Waals surface area contributed by atoms with Gasteiger partial charge in [-0.3, -0.25) is 0 Å². The van der Waals surface area contributed by atoms with Crippen molar-refractivity contribution in [2.45, 2.75) is 31.1 Å². The molecular formula is C12H19NS. The molecule has 0 bridgehead atoms. The van der Waals surface area contributed by atoms with Crippen LogP contribution in [0, 0.1) is 6.92 Å². The third kappa shape index (κ3) is 2.76. The fourth-order valence-electron chi connectivity index (χ4n) is 1.73. The van der Waals surface area contributed by atoms with Crippen LogP contribution in [0.3, 0.4) is 0 Å². The Morgan fingerprint density at radius 3 is 2.64 bits per heavy atom. The number of hydrogen-bond acceptors (Lipinski definition) is 2. The van der Waals surface area contributed by atoms with Gasteiger partial charge in [0, 0.05) is 4.90 Å². The highest BCUT2D eigenvalue weighted by atomic mass is 32.2. The van der Waals surface area contributed by atoms with E-state index >= 15 is 0 Å². The summed E-state index contributed by atoms with van der Waals surface area (Å²) in [7, 11) is 0. The van der Waals surface area contributed by atoms with Crippen LogP contribution in [0.15, 0.2) is 23.1 Å². The molecule has 1 rings (SSSR count). The molecule has 0 amide bonds. The third-order valence-corrected chi connectivity index (χ3v) is 3.33. The van der Waals surface area contributed by atoms with E-state index in [1.165, 1.54) is 16.0 Å². The van der Waals surface area contributed by atoms with E-state index < -0.39 is 0 Å². The van der Waals surface area contributed by atoms with Crippen molar-refractivity contribution >= 4 is 11.8 Å². The first kappa shape index (κ1) is 11.6. The molecule has 0 aliphatic heterocycles. The summed E-state index contributed by atoms with van der Waals surface area (Å²) in [4.78, 5) is 1.34. The minimum absolute atomic E-state index is 0.580. The number of aryl methyl sites for hydroxylation is 1. The van der Waals surface area contributed by atoms with Crippen LogP contribution in [0.2, 0.25) is 0 Å². The molecule has 0 radical (unpaired) electrons. The molecule has 1 aromatic rings. The van der Waals surface area contributed by atoms with E-state index in [-0.39, 0.29) is 0 Å². The average Bonchev–Trinajstić information content (AvgIpc) is 2.17. The topological polar surface area (TPSA) is 26.0 Å². The van der Waals surface area contributed by atoms with E-state index in [0.29, 0.717) is 5.92 Å². The quantitative estimate of drug-likeness (QED) is 0.771. The molecule has 0 aliphatic rings. The first-order valence-electron chi connectivity index (χ1n) is 5.03. The highest BCUT2D eigenvalue weighted by Crippen LogP contribution is 2.25. The second kappa shape index (κ2) is 5.42. The highest BCUT2D eigenvalue weighted by Gasteiger charge is 2.07. The molecule has 2 N–H and O–H groups in total. The summed E-state index contributed by atoms with van der Waals surface area (Å²) in [6, 6.07) is 6.69. The molecule has 1 unspecified atom stereocenters. The SMILES string of the molecule is CSc1ccc(C(C)CCN)c(C)c1. The van der Waals surface area contributed by atoms with Crippen molar-refractivity contribution in [1.29, 1.82) is 0 Å². The standard InChI is InChI=1S/C12H19NS/c1-9(6-7-13)12-5-4-11(14-3)8-10(12)2/h4-5,8-9H,6-7,13H2,1-3H3. The zero-order chi connectivity index (χ0) is 10.6. The van der Waals surface area contributed by atoms with Gasteiger partial charge in [-0.25, -0.2) is 0 Å². The summed E-state index contributed by atoms with van der Waals surface area (Å²) in [5, 5.41) is 0. The molecule has 0 aromatic heterocycles. The van der Waals surface area contributed by atoms with Crippen molar-refractivity contribution in [3.05, 3.63) is 29.3 Å². The smallest absolute Gasteiger partial charge is 0.00719 e. The number of hydrogen-bond donors (Lipinski definition) is 1. The Morgan fingerprint density at radius 2 is 2.14 bits per heavy atom. The van der Waals surface area contributed by atoms with Gasteiger partial charge in [-0.05, 0) is 55.3 Å². The van der Waals surface area contributed by atoms with Gasteiger partial charge in [0.05, 0.1) is 0 Å². The molecule has 14 heavy (non-hydrogen) atoms. The fraction of sp³-hybridized carbons (Fsp3) is 0.500. The maximum Gasteiger partial charge on any atom is 0.00719 e. The van der Waals surface area contributed by atoms with Crippen LogP contribution in [0.25, 0.3) is 0 Å². The van der Waals surface area contributed by atoms with Crippen molar-refractivity contribution in [3.63, 3.8) is 0 Å². The predicted octanol–water partition coefficient (Wildman–Crippen LogP) is 3.17. The average molecular weight is 209 g/mol. The number of nitrogens with two attached hydrogens (primary N) is 1. The van der Waals surface area contributed by atoms with Gasteiger partial charge < -0.3 is 5.73 Å². The summed E-state index contributed by atoms with van der Waals surface area (Å²) in [5.41, 5.74) is 8.39. The molecule has 1 nitrogen and oxygen atoms in total. The third-order valence-electron chi connectivity index (χ3n) is 2.61. The van der Waals surface area contributed by atoms with Gasteiger partial charge in [0.25, 0.3) is 0 Å². The fourth-order valence-corrected chi connectivity index (χ4v) is 2.23. The Bertz CT molecular complexity index is 296. The van der Waals surface area contributed by atoms with Crippen molar-refractivity contribution < 1.29 is 0 Å². The van der Waals surface area contributed by atoms with E-state index in [1.807, 2.05) is 0 Å². The molecule has 1 aromatic carbocycles. The Kier molecular flexibility index (Phi) is 4.49. The van der Waals surface area contributed by atoms with Crippen LogP contribution < -0.4 is 5.73 Å². The van der Waals surface area contributed by atoms with Gasteiger partial charge in [-0.1, -0.05) is 13.0 Å². The summed E-state index contributed by atoms with van der Waals surface area (Å²) in [6.45, 7) is 5.20. The maximum absolute atomic E-state index is 5.57. The molecule has 0 spiro atoms.